The van der Waals surface area contributed by atoms with Gasteiger partial charge in [-0.05, 0) is 50.2 Å². The normalized spacial score (nSPS) is 22.6. The van der Waals surface area contributed by atoms with Crippen LogP contribution in [0.3, 0.4) is 0 Å². The first-order valence-electron chi connectivity index (χ1n) is 14.5. The van der Waals surface area contributed by atoms with E-state index in [2.05, 4.69) is 16.0 Å². The van der Waals surface area contributed by atoms with E-state index in [4.69, 9.17) is 10.1 Å². The monoisotopic (exact) mass is 605 g/mol. The van der Waals surface area contributed by atoms with Gasteiger partial charge in [0, 0.05) is 31.6 Å². The molecule has 226 valence electrons. The van der Waals surface area contributed by atoms with Crippen LogP contribution in [0.25, 0.3) is 11.4 Å². The molecule has 0 spiro atoms. The smallest absolute Gasteiger partial charge is 0.243 e. The third-order valence-corrected chi connectivity index (χ3v) is 8.25. The maximum atomic E-state index is 13.6. The van der Waals surface area contributed by atoms with Crippen LogP contribution in [0.15, 0.2) is 30.3 Å². The summed E-state index contributed by atoms with van der Waals surface area (Å²) in [6.45, 7) is 7.08. The molecule has 1 unspecified atom stereocenters. The topological polar surface area (TPSA) is 121 Å². The van der Waals surface area contributed by atoms with Gasteiger partial charge in [-0.2, -0.15) is 16.9 Å². The Morgan fingerprint density at radius 1 is 1.10 bits per heavy atom. The first-order valence-corrected chi connectivity index (χ1v) is 15.8. The molecule has 1 fully saturated rings. The van der Waals surface area contributed by atoms with Crippen LogP contribution in [-0.2, 0) is 20.9 Å². The van der Waals surface area contributed by atoms with Crippen molar-refractivity contribution in [3.63, 3.8) is 0 Å². The summed E-state index contributed by atoms with van der Waals surface area (Å²) in [5, 5.41) is 14.4. The summed E-state index contributed by atoms with van der Waals surface area (Å²) in [6.07, 6.45) is 5.16. The summed E-state index contributed by atoms with van der Waals surface area (Å²) in [4.78, 5) is 46.8. The molecule has 2 aliphatic heterocycles. The lowest BCUT2D eigenvalue weighted by Gasteiger charge is -2.31. The van der Waals surface area contributed by atoms with Crippen molar-refractivity contribution in [3.8, 4) is 11.4 Å². The highest BCUT2D eigenvalue weighted by atomic mass is 35.5. The third-order valence-electron chi connectivity index (χ3n) is 7.61. The zero-order valence-electron chi connectivity index (χ0n) is 24.3. The van der Waals surface area contributed by atoms with Crippen LogP contribution in [0, 0.1) is 11.8 Å². The molecule has 1 saturated heterocycles. The van der Waals surface area contributed by atoms with E-state index in [0.717, 1.165) is 30.7 Å². The number of amides is 3. The van der Waals surface area contributed by atoms with E-state index in [0.29, 0.717) is 50.7 Å². The Morgan fingerprint density at radius 3 is 2.56 bits per heavy atom. The Hall–Kier alpha value is -2.63. The van der Waals surface area contributed by atoms with Crippen molar-refractivity contribution in [2.75, 3.05) is 38.2 Å². The predicted octanol–water partition coefficient (Wildman–Crippen LogP) is 3.04. The van der Waals surface area contributed by atoms with Gasteiger partial charge >= 0.3 is 0 Å². The quantitative estimate of drug-likeness (QED) is 0.463. The fraction of sp³-hybridized carbons (Fsp3) is 0.621. The maximum absolute atomic E-state index is 13.6. The molecule has 41 heavy (non-hydrogen) atoms. The van der Waals surface area contributed by atoms with Crippen LogP contribution in [0.1, 0.15) is 57.8 Å². The van der Waals surface area contributed by atoms with Gasteiger partial charge in [0.05, 0.1) is 18.5 Å². The molecule has 2 aromatic rings. The number of carbonyl (C=O) groups excluding carboxylic acids is 3. The largest absolute Gasteiger partial charge is 0.344 e. The number of aromatic nitrogens is 3. The van der Waals surface area contributed by atoms with E-state index in [1.165, 1.54) is 0 Å². The van der Waals surface area contributed by atoms with Gasteiger partial charge in [0.25, 0.3) is 0 Å². The number of rotatable bonds is 6. The molecule has 2 aliphatic rings. The number of thioether (sulfide) groups is 1. The number of piperidine rings is 1. The second-order valence-corrected chi connectivity index (χ2v) is 12.0. The van der Waals surface area contributed by atoms with Gasteiger partial charge in [0.2, 0.25) is 17.7 Å². The Labute approximate surface area is 253 Å². The third kappa shape index (κ3) is 8.93. The van der Waals surface area contributed by atoms with E-state index in [9.17, 15) is 14.4 Å². The molecule has 3 atom stereocenters. The van der Waals surface area contributed by atoms with Crippen LogP contribution >= 0.6 is 24.2 Å². The second kappa shape index (κ2) is 16.1. The lowest BCUT2D eigenvalue weighted by Crippen LogP contribution is -2.49. The summed E-state index contributed by atoms with van der Waals surface area (Å²) < 4.78 is 1.86. The highest BCUT2D eigenvalue weighted by Crippen LogP contribution is 2.25. The zero-order chi connectivity index (χ0) is 28.5. The first-order chi connectivity index (χ1) is 19.4. The number of fused-ring (bicyclic) bond motifs is 1. The molecule has 1 aromatic heterocycles. The number of benzene rings is 1. The summed E-state index contributed by atoms with van der Waals surface area (Å²) in [6, 6.07) is 8.73. The van der Waals surface area contributed by atoms with Gasteiger partial charge in [-0.15, -0.1) is 12.4 Å². The summed E-state index contributed by atoms with van der Waals surface area (Å²) >= 11 is 1.64. The number of carbonyl (C=O) groups is 3. The number of nitrogens with zero attached hydrogens (tertiary/aromatic N) is 4. The second-order valence-electron chi connectivity index (χ2n) is 11.0. The number of halogens is 1. The van der Waals surface area contributed by atoms with Crippen LogP contribution in [0.5, 0.6) is 0 Å². The minimum atomic E-state index is -0.639. The minimum Gasteiger partial charge on any atom is -0.344 e. The lowest BCUT2D eigenvalue weighted by atomic mass is 9.98. The summed E-state index contributed by atoms with van der Waals surface area (Å²) in [7, 11) is 0. The van der Waals surface area contributed by atoms with E-state index < -0.39 is 12.1 Å². The van der Waals surface area contributed by atoms with E-state index in [1.54, 1.807) is 11.8 Å². The molecule has 3 amide bonds. The van der Waals surface area contributed by atoms with E-state index in [1.807, 2.05) is 60.0 Å². The standard InChI is InChI=1S/C29H43N7O3S.ClH/c1-20(2)25-27-33-26(21-9-5-4-6-10-21)34-36(27)17-16-35(29(39)22-11-7-14-30-19-22)15-8-12-24(37)31-23(13-18-40-3)28(38)32-25;/h4-6,9-10,20,22-23,25,30H,7-8,11-19H2,1-3H3,(H,31,37)(H,32,38);1H/t22-,23-,25?;/m0./s1. The fourth-order valence-corrected chi connectivity index (χ4v) is 5.78. The Balaban J connectivity index is 0.00000462. The molecular formula is C29H44ClN7O3S. The van der Waals surface area contributed by atoms with Crippen molar-refractivity contribution in [2.24, 2.45) is 11.8 Å². The Bertz CT molecular complexity index is 1140. The van der Waals surface area contributed by atoms with Crippen molar-refractivity contribution < 1.29 is 14.4 Å². The molecule has 1 aromatic carbocycles. The lowest BCUT2D eigenvalue weighted by molar-refractivity contribution is -0.136. The number of hydrogen-bond acceptors (Lipinski definition) is 7. The van der Waals surface area contributed by atoms with Crippen molar-refractivity contribution in [2.45, 2.75) is 64.6 Å². The van der Waals surface area contributed by atoms with Gasteiger partial charge in [0.1, 0.15) is 6.04 Å². The SMILES string of the molecule is CSCC[C@@H]1NC(=O)CCCN(C(=O)[C@H]2CCCNC2)CCn2nc(-c3ccccc3)nc2C(C(C)C)NC1=O.Cl. The Morgan fingerprint density at radius 2 is 1.88 bits per heavy atom. The zero-order valence-corrected chi connectivity index (χ0v) is 25.9. The first kappa shape index (κ1) is 32.9. The van der Waals surface area contributed by atoms with Crippen molar-refractivity contribution >= 4 is 41.9 Å². The van der Waals surface area contributed by atoms with Crippen molar-refractivity contribution in [1.29, 1.82) is 0 Å². The minimum absolute atomic E-state index is 0. The van der Waals surface area contributed by atoms with Gasteiger partial charge in [-0.1, -0.05) is 44.2 Å². The average Bonchev–Trinajstić information content (AvgIpc) is 3.39. The van der Waals surface area contributed by atoms with E-state index in [-0.39, 0.29) is 48.4 Å². The fourth-order valence-electron chi connectivity index (χ4n) is 5.31. The molecule has 0 aliphatic carbocycles. The molecule has 3 heterocycles. The molecule has 0 saturated carbocycles. The predicted molar refractivity (Wildman–Crippen MR) is 165 cm³/mol. The molecule has 3 N–H and O–H groups in total. The van der Waals surface area contributed by atoms with E-state index >= 15 is 0 Å². The van der Waals surface area contributed by atoms with Gasteiger partial charge in [-0.25, -0.2) is 9.67 Å². The Kier molecular flexibility index (Phi) is 12.9. The number of nitrogens with one attached hydrogen (secondary N) is 3. The van der Waals surface area contributed by atoms with Crippen molar-refractivity contribution in [3.05, 3.63) is 36.2 Å². The van der Waals surface area contributed by atoms with Crippen LogP contribution in [0.4, 0.5) is 0 Å². The van der Waals surface area contributed by atoms with Gasteiger partial charge < -0.3 is 20.9 Å². The molecule has 0 bridgehead atoms. The molecule has 4 rings (SSSR count). The number of hydrogen-bond donors (Lipinski definition) is 3. The molecule has 12 heteroatoms. The maximum Gasteiger partial charge on any atom is 0.243 e. The summed E-state index contributed by atoms with van der Waals surface area (Å²) in [5.41, 5.74) is 0.889. The van der Waals surface area contributed by atoms with Crippen LogP contribution in [-0.4, -0.2) is 81.6 Å². The summed E-state index contributed by atoms with van der Waals surface area (Å²) in [5.74, 6) is 1.69. The van der Waals surface area contributed by atoms with Crippen LogP contribution in [0.2, 0.25) is 0 Å². The average molecular weight is 606 g/mol. The molecule has 0 radical (unpaired) electrons. The van der Waals surface area contributed by atoms with Crippen molar-refractivity contribution in [1.82, 2.24) is 35.6 Å². The van der Waals surface area contributed by atoms with Gasteiger partial charge in [0.15, 0.2) is 11.6 Å². The molecular weight excluding hydrogens is 562 g/mol. The van der Waals surface area contributed by atoms with Crippen LogP contribution < -0.4 is 16.0 Å². The molecule has 10 nitrogen and oxygen atoms in total. The van der Waals surface area contributed by atoms with Gasteiger partial charge in [-0.3, -0.25) is 14.4 Å². The highest BCUT2D eigenvalue weighted by Gasteiger charge is 2.31. The highest BCUT2D eigenvalue weighted by molar-refractivity contribution is 7.98.